The number of ether oxygens (including phenoxy) is 4. The van der Waals surface area contributed by atoms with E-state index in [1.54, 1.807) is 57.6 Å². The van der Waals surface area contributed by atoms with E-state index in [-0.39, 0.29) is 156 Å². The number of aryl methyl sites for hydroxylation is 2. The number of likely N-dealkylation sites (N-methyl/N-ethyl adjacent to an activating group) is 1. The Kier molecular flexibility index (Phi) is 30.2. The number of esters is 1. The molecule has 6 aromatic rings. The Morgan fingerprint density at radius 2 is 1.63 bits per heavy atom. The molecule has 4 saturated heterocycles. The van der Waals surface area contributed by atoms with Crippen LogP contribution in [0.5, 0.6) is 5.75 Å². The van der Waals surface area contributed by atoms with E-state index in [0.717, 1.165) is 69.2 Å². The number of hydrogen-bond acceptors (Lipinski definition) is 18. The zero-order valence-corrected chi connectivity index (χ0v) is 61.9. The Balaban J connectivity index is 0.00000177. The minimum atomic E-state index is -0.829. The minimum Gasteiger partial charge on any atom is -1.00 e. The Bertz CT molecular complexity index is 3770. The molecule has 6 amide bonds. The maximum absolute atomic E-state index is 13.8. The second kappa shape index (κ2) is 38.8. The summed E-state index contributed by atoms with van der Waals surface area (Å²) in [5.74, 6) is 0.371. The predicted molar refractivity (Wildman–Crippen MR) is 367 cm³/mol. The fraction of sp³-hybridized carbons (Fsp3) is 0.493. The quantitative estimate of drug-likeness (QED) is 0.00832. The molecule has 3 aromatic carbocycles. The summed E-state index contributed by atoms with van der Waals surface area (Å²) in [6.45, 7) is 16.9. The van der Waals surface area contributed by atoms with E-state index in [1.807, 2.05) is 88.2 Å². The largest absolute Gasteiger partial charge is 1.00 e. The number of aliphatic hydroxyl groups is 1. The van der Waals surface area contributed by atoms with Crippen LogP contribution in [0, 0.1) is 37.2 Å². The molecular weight excluding hydrogens is 1490 g/mol. The number of unbranched alkanes of at least 4 members (excludes halogenated alkanes) is 2. The monoisotopic (exact) mass is 1590 g/mol. The second-order valence-electron chi connectivity index (χ2n) is 25.9. The van der Waals surface area contributed by atoms with E-state index in [4.69, 9.17) is 24.0 Å². The molecule has 26 nitrogen and oxygen atoms in total. The Hall–Kier alpha value is -8.05. The third-order valence-corrected chi connectivity index (χ3v) is 19.1. The normalized spacial score (nSPS) is 19.4. The first-order valence-electron chi connectivity index (χ1n) is 34.7. The van der Waals surface area contributed by atoms with E-state index >= 15 is 0 Å². The van der Waals surface area contributed by atoms with Crippen molar-refractivity contribution in [1.82, 2.24) is 54.6 Å². The average Bonchev–Trinajstić information content (AvgIpc) is 1.61. The molecule has 7 heterocycles. The van der Waals surface area contributed by atoms with Crippen molar-refractivity contribution >= 4 is 64.8 Å². The second-order valence-corrected chi connectivity index (χ2v) is 25.9. The molecule has 0 bridgehead atoms. The number of nitrogens with one attached hydrogen (secondary N) is 2. The summed E-state index contributed by atoms with van der Waals surface area (Å²) in [4.78, 5) is 102. The number of amides is 6. The Morgan fingerprint density at radius 3 is 2.36 bits per heavy atom. The van der Waals surface area contributed by atoms with Gasteiger partial charge in [-0.15, -0.1) is 11.7 Å². The number of hydrogen-bond donors (Lipinski definition) is 3. The van der Waals surface area contributed by atoms with Gasteiger partial charge in [0.15, 0.2) is 5.82 Å². The van der Waals surface area contributed by atoms with Crippen LogP contribution in [0.1, 0.15) is 125 Å². The van der Waals surface area contributed by atoms with Crippen molar-refractivity contribution < 1.29 is 106 Å². The molecule has 101 heavy (non-hydrogen) atoms. The number of halogens is 1. The minimum absolute atomic E-state index is 0. The van der Waals surface area contributed by atoms with Crippen LogP contribution < -0.4 is 48.9 Å². The summed E-state index contributed by atoms with van der Waals surface area (Å²) in [5.41, 5.74) is 4.29. The van der Waals surface area contributed by atoms with Crippen molar-refractivity contribution in [3.63, 3.8) is 0 Å². The summed E-state index contributed by atoms with van der Waals surface area (Å²) in [5, 5.41) is 32.7. The third kappa shape index (κ3) is 21.3. The molecule has 6 atom stereocenters. The molecule has 28 heteroatoms. The van der Waals surface area contributed by atoms with Gasteiger partial charge in [0.2, 0.25) is 29.5 Å². The van der Waals surface area contributed by atoms with Crippen molar-refractivity contribution in [3.05, 3.63) is 151 Å². The third-order valence-electron chi connectivity index (χ3n) is 19.1. The molecule has 3 aromatic heterocycles. The van der Waals surface area contributed by atoms with Gasteiger partial charge in [0.05, 0.1) is 55.9 Å². The van der Waals surface area contributed by atoms with Gasteiger partial charge in [-0.3, -0.25) is 48.6 Å². The van der Waals surface area contributed by atoms with Crippen molar-refractivity contribution in [2.45, 2.75) is 129 Å². The summed E-state index contributed by atoms with van der Waals surface area (Å²) in [6, 6.07) is 28.9. The summed E-state index contributed by atoms with van der Waals surface area (Å²) < 4.78 is 27.2. The number of carbonyl (C=O) groups excluding carboxylic acids is 7. The van der Waals surface area contributed by atoms with Crippen LogP contribution in [0.3, 0.4) is 0 Å². The number of piperazine rings is 1. The van der Waals surface area contributed by atoms with Crippen LogP contribution in [0.15, 0.2) is 116 Å². The molecule has 5 aliphatic rings. The fourth-order valence-corrected chi connectivity index (χ4v) is 13.5. The Labute approximate surface area is 620 Å². The van der Waals surface area contributed by atoms with Crippen LogP contribution in [0.4, 0.5) is 16.3 Å². The summed E-state index contributed by atoms with van der Waals surface area (Å²) >= 11 is 0. The Morgan fingerprint density at radius 1 is 0.881 bits per heavy atom. The standard InChI is InChI=1S/C69H86N14O11.C4H7O.HI.Ru/c1-6-51-43-54(21-20-50-15-9-7-10-16-50)65-64(51)67(89)81(68(65)90)33-14-8-11-19-62(86)79(36-30-60(85)70-32-41-84)44-56-45-80(75-72-56)37-31-63(87)93-46-55-17-12-13-18-58(55)71-69(91)94-49(4)83-61-27-26-59(74-82(61)48(3)73-83)78-34-28-53(29-35-78)52-22-24-57(25-23-52)92-42-40-77-39-38-76(5)66(88)47(77)2;1-2-4-5-3-1;;/h6-7,9-10,12-13,15-18,20-27,45,47,49,51,53-54,64-65,84H,1,8,11,14,19,28-44,46H2,2-5H3,(H-,70,71,85,91);3H,1-2,4H2;1H;/q;-1;;+1/b21-20+;;;/t47-,49?,51?,54?,64+,65-;;;/m0.../s1. The van der Waals surface area contributed by atoms with Gasteiger partial charge in [0.1, 0.15) is 24.7 Å². The van der Waals surface area contributed by atoms with Crippen LogP contribution in [-0.4, -0.2) is 181 Å². The summed E-state index contributed by atoms with van der Waals surface area (Å²) in [7, 11) is 1.85. The van der Waals surface area contributed by atoms with Gasteiger partial charge in [0.25, 0.3) is 12.1 Å². The number of aromatic nitrogens is 7. The van der Waals surface area contributed by atoms with Crippen molar-refractivity contribution in [3.8, 4) is 5.75 Å². The summed E-state index contributed by atoms with van der Waals surface area (Å²) in [6.07, 6.45) is 12.6. The number of carbonyl (C=O) groups is 7. The molecule has 3 N–H and O–H groups in total. The van der Waals surface area contributed by atoms with Crippen molar-refractivity contribution in [1.29, 1.82) is 0 Å². The van der Waals surface area contributed by atoms with Gasteiger partial charge in [-0.2, -0.15) is 6.42 Å². The van der Waals surface area contributed by atoms with Gasteiger partial charge in [-0.25, -0.2) is 11.4 Å². The molecule has 1 aliphatic carbocycles. The first-order valence-corrected chi connectivity index (χ1v) is 34.7. The number of imide groups is 1. The zero-order chi connectivity index (χ0) is 69.8. The SMILES string of the molecule is C=CC1CC(/C=C/c2ccccc2)[C@@H]2C(=O)N(CCCCCC(=O)N(CCC(=O)NCCO)Cc3cn(CCC(=O)OCc4ccccc4NC(=O)OC(C)[n+]4nc(C)n5nc(N6CCC(c7ccc(OCCN8CCN(C)C(=O)[C@@H]8C)cc7)CC6)ccc54)nn3)C(=O)[C@H]12.[CH-]1CCCO1.[I-].[Ru+]. The maximum Gasteiger partial charge on any atom is 1.00 e. The predicted octanol–water partition coefficient (Wildman–Crippen LogP) is 4.23. The molecule has 5 fully saturated rings. The number of allylic oxidation sites excluding steroid dienone is 2. The van der Waals surface area contributed by atoms with Crippen molar-refractivity contribution in [2.75, 3.05) is 89.4 Å². The molecule has 3 unspecified atom stereocenters. The fourth-order valence-electron chi connectivity index (χ4n) is 13.5. The van der Waals surface area contributed by atoms with E-state index in [0.29, 0.717) is 73.2 Å². The van der Waals surface area contributed by atoms with Gasteiger partial charge in [-0.05, 0) is 97.3 Å². The van der Waals surface area contributed by atoms with Crippen LogP contribution >= 0.6 is 0 Å². The average molecular weight is 1590 g/mol. The van der Waals surface area contributed by atoms with E-state index < -0.39 is 30.1 Å². The maximum atomic E-state index is 13.8. The van der Waals surface area contributed by atoms with Gasteiger partial charge >= 0.3 is 37.2 Å². The molecule has 4 aliphatic heterocycles. The molecule has 11 rings (SSSR count). The number of piperidine rings is 1. The number of benzene rings is 3. The van der Waals surface area contributed by atoms with Crippen molar-refractivity contribution in [2.24, 2.45) is 23.7 Å². The molecular formula is C73H94IN14O12Ru. The number of fused-ring (bicyclic) bond motifs is 2. The number of rotatable bonds is 30. The molecule has 0 spiro atoms. The van der Waals surface area contributed by atoms with E-state index in [9.17, 15) is 38.7 Å². The molecule has 543 valence electrons. The van der Waals surface area contributed by atoms with Crippen LogP contribution in [0.25, 0.3) is 11.7 Å². The number of anilines is 2. The number of aliphatic hydroxyl groups excluding tert-OH is 1. The van der Waals surface area contributed by atoms with Gasteiger partial charge in [0, 0.05) is 104 Å². The smallest absolute Gasteiger partial charge is 1.00 e. The number of nitrogens with zero attached hydrogens (tertiary/aromatic N) is 12. The van der Waals surface area contributed by atoms with Crippen LogP contribution in [-0.2, 0) is 82.2 Å². The number of likely N-dealkylation sites (tertiary alicyclic amines) is 1. The van der Waals surface area contributed by atoms with Crippen LogP contribution in [0.2, 0.25) is 0 Å². The number of para-hydroxylation sites is 1. The molecule has 1 radical (unpaired) electrons. The zero-order valence-electron chi connectivity index (χ0n) is 58.0. The van der Waals surface area contributed by atoms with E-state index in [1.165, 1.54) is 26.5 Å². The topological polar surface area (TPSA) is 282 Å². The van der Waals surface area contributed by atoms with E-state index in [2.05, 4.69) is 60.6 Å². The first-order chi connectivity index (χ1) is 48.0. The first kappa shape index (κ1) is 78.7. The molecule has 1 saturated carbocycles. The van der Waals surface area contributed by atoms with Gasteiger partial charge in [-0.1, -0.05) is 111 Å². The van der Waals surface area contributed by atoms with Gasteiger partial charge < -0.3 is 68.0 Å².